The maximum Gasteiger partial charge on any atom is 0.243 e. The van der Waals surface area contributed by atoms with Crippen LogP contribution in [-0.2, 0) is 10.0 Å². The van der Waals surface area contributed by atoms with Crippen molar-refractivity contribution in [3.05, 3.63) is 29.0 Å². The SMILES string of the molecule is O=S(=O)(NCCCC1N=N1)c1cc(Cl)ccc1F. The van der Waals surface area contributed by atoms with Crippen molar-refractivity contribution in [2.75, 3.05) is 6.54 Å². The minimum atomic E-state index is -3.86. The second-order valence-corrected chi connectivity index (χ2v) is 6.00. The Morgan fingerprint density at radius 3 is 2.78 bits per heavy atom. The van der Waals surface area contributed by atoms with Gasteiger partial charge in [-0.25, -0.2) is 17.5 Å². The summed E-state index contributed by atoms with van der Waals surface area (Å²) in [5.74, 6) is -0.820. The molecule has 0 spiro atoms. The molecule has 2 rings (SSSR count). The second kappa shape index (κ2) is 5.29. The van der Waals surface area contributed by atoms with Crippen molar-refractivity contribution in [1.82, 2.24) is 4.72 Å². The molecule has 1 aromatic rings. The number of rotatable bonds is 6. The van der Waals surface area contributed by atoms with Crippen LogP contribution >= 0.6 is 11.6 Å². The highest BCUT2D eigenvalue weighted by Crippen LogP contribution is 2.20. The van der Waals surface area contributed by atoms with Crippen molar-refractivity contribution in [2.45, 2.75) is 23.9 Å². The molecule has 0 saturated heterocycles. The van der Waals surface area contributed by atoms with E-state index in [-0.39, 0.29) is 17.7 Å². The fourth-order valence-electron chi connectivity index (χ4n) is 1.41. The lowest BCUT2D eigenvalue weighted by molar-refractivity contribution is 0.553. The zero-order valence-corrected chi connectivity index (χ0v) is 10.9. The van der Waals surface area contributed by atoms with Gasteiger partial charge in [-0.1, -0.05) is 11.6 Å². The van der Waals surface area contributed by atoms with E-state index in [1.807, 2.05) is 0 Å². The van der Waals surface area contributed by atoms with Crippen LogP contribution in [0.1, 0.15) is 12.8 Å². The molecule has 0 bridgehead atoms. The van der Waals surface area contributed by atoms with E-state index in [4.69, 9.17) is 11.6 Å². The summed E-state index contributed by atoms with van der Waals surface area (Å²) in [7, 11) is -3.86. The maximum atomic E-state index is 13.4. The number of benzene rings is 1. The first-order valence-corrected chi connectivity index (χ1v) is 7.20. The van der Waals surface area contributed by atoms with Crippen LogP contribution in [0.3, 0.4) is 0 Å². The van der Waals surface area contributed by atoms with Crippen molar-refractivity contribution < 1.29 is 12.8 Å². The molecule has 0 atom stereocenters. The van der Waals surface area contributed by atoms with Crippen molar-refractivity contribution in [3.8, 4) is 0 Å². The van der Waals surface area contributed by atoms with Gasteiger partial charge < -0.3 is 0 Å². The third kappa shape index (κ3) is 3.47. The normalized spacial score (nSPS) is 15.0. The Labute approximate surface area is 109 Å². The van der Waals surface area contributed by atoms with Crippen molar-refractivity contribution in [3.63, 3.8) is 0 Å². The number of nitrogens with one attached hydrogen (secondary N) is 1. The van der Waals surface area contributed by atoms with Crippen LogP contribution in [0.25, 0.3) is 0 Å². The van der Waals surface area contributed by atoms with Crippen LogP contribution in [0.5, 0.6) is 0 Å². The molecule has 8 heteroatoms. The summed E-state index contributed by atoms with van der Waals surface area (Å²) in [6.45, 7) is 0.218. The second-order valence-electron chi connectivity index (χ2n) is 3.83. The number of halogens is 2. The zero-order valence-electron chi connectivity index (χ0n) is 9.31. The number of hydrogen-bond acceptors (Lipinski definition) is 4. The third-order valence-corrected chi connectivity index (χ3v) is 4.10. The number of sulfonamides is 1. The molecule has 1 N–H and O–H groups in total. The fraction of sp³-hybridized carbons (Fsp3) is 0.400. The fourth-order valence-corrected chi connectivity index (χ4v) is 2.83. The molecule has 0 aromatic heterocycles. The quantitative estimate of drug-likeness (QED) is 0.817. The Morgan fingerprint density at radius 2 is 2.11 bits per heavy atom. The van der Waals surface area contributed by atoms with E-state index >= 15 is 0 Å². The highest BCUT2D eigenvalue weighted by Gasteiger charge is 2.20. The molecule has 98 valence electrons. The molecule has 0 fully saturated rings. The van der Waals surface area contributed by atoms with Crippen molar-refractivity contribution in [2.24, 2.45) is 10.2 Å². The highest BCUT2D eigenvalue weighted by molar-refractivity contribution is 7.89. The molecule has 1 aliphatic heterocycles. The standard InChI is InChI=1S/C10H11ClFN3O2S/c11-7-3-4-8(12)9(6-7)18(16,17)13-5-1-2-10-14-15-10/h3-4,6,10,13H,1-2,5H2. The van der Waals surface area contributed by atoms with Crippen LogP contribution in [0, 0.1) is 5.82 Å². The van der Waals surface area contributed by atoms with E-state index < -0.39 is 20.7 Å². The molecule has 0 unspecified atom stereocenters. The minimum absolute atomic E-state index is 0.0115. The first-order valence-electron chi connectivity index (χ1n) is 5.34. The van der Waals surface area contributed by atoms with Gasteiger partial charge in [0.25, 0.3) is 0 Å². The van der Waals surface area contributed by atoms with E-state index in [0.717, 1.165) is 12.1 Å². The monoisotopic (exact) mass is 291 g/mol. The Hall–Kier alpha value is -1.05. The largest absolute Gasteiger partial charge is 0.243 e. The smallest absolute Gasteiger partial charge is 0.211 e. The van der Waals surface area contributed by atoms with E-state index in [0.29, 0.717) is 12.8 Å². The summed E-state index contributed by atoms with van der Waals surface area (Å²) in [5.41, 5.74) is 0. The van der Waals surface area contributed by atoms with Crippen LogP contribution in [0.15, 0.2) is 33.3 Å². The molecule has 1 aliphatic rings. The van der Waals surface area contributed by atoms with Crippen molar-refractivity contribution >= 4 is 21.6 Å². The zero-order chi connectivity index (χ0) is 13.2. The van der Waals surface area contributed by atoms with Gasteiger partial charge in [0.2, 0.25) is 10.0 Å². The van der Waals surface area contributed by atoms with E-state index in [2.05, 4.69) is 15.0 Å². The molecular formula is C10H11ClFN3O2S. The van der Waals surface area contributed by atoms with Gasteiger partial charge in [0, 0.05) is 11.6 Å². The molecule has 1 aromatic carbocycles. The van der Waals surface area contributed by atoms with Gasteiger partial charge in [0.15, 0.2) is 6.17 Å². The van der Waals surface area contributed by atoms with Crippen LogP contribution in [0.4, 0.5) is 4.39 Å². The maximum absolute atomic E-state index is 13.4. The number of hydrogen-bond donors (Lipinski definition) is 1. The van der Waals surface area contributed by atoms with Gasteiger partial charge in [0.05, 0.1) is 0 Å². The summed E-state index contributed by atoms with van der Waals surface area (Å²) >= 11 is 5.65. The van der Waals surface area contributed by atoms with E-state index in [9.17, 15) is 12.8 Å². The van der Waals surface area contributed by atoms with Crippen LogP contribution in [-0.4, -0.2) is 21.1 Å². The predicted octanol–water partition coefficient (Wildman–Crippen LogP) is 2.33. The molecule has 0 radical (unpaired) electrons. The summed E-state index contributed by atoms with van der Waals surface area (Å²) in [6.07, 6.45) is 1.30. The molecule has 0 saturated carbocycles. The van der Waals surface area contributed by atoms with Gasteiger partial charge in [-0.15, -0.1) is 0 Å². The molecular weight excluding hydrogens is 281 g/mol. The lowest BCUT2D eigenvalue weighted by atomic mass is 10.3. The topological polar surface area (TPSA) is 70.9 Å². The van der Waals surface area contributed by atoms with Crippen molar-refractivity contribution in [1.29, 1.82) is 0 Å². The number of nitrogens with zero attached hydrogens (tertiary/aromatic N) is 2. The minimum Gasteiger partial charge on any atom is -0.211 e. The lowest BCUT2D eigenvalue weighted by Crippen LogP contribution is -2.25. The predicted molar refractivity (Wildman–Crippen MR) is 64.5 cm³/mol. The van der Waals surface area contributed by atoms with Crippen LogP contribution in [0.2, 0.25) is 5.02 Å². The molecule has 0 aliphatic carbocycles. The van der Waals surface area contributed by atoms with Gasteiger partial charge in [0.1, 0.15) is 10.7 Å². The summed E-state index contributed by atoms with van der Waals surface area (Å²) < 4.78 is 39.3. The van der Waals surface area contributed by atoms with Gasteiger partial charge in [-0.3, -0.25) is 0 Å². The summed E-state index contributed by atoms with van der Waals surface area (Å²) in [4.78, 5) is -0.434. The van der Waals surface area contributed by atoms with Gasteiger partial charge in [-0.2, -0.15) is 10.2 Å². The molecule has 18 heavy (non-hydrogen) atoms. The molecule has 5 nitrogen and oxygen atoms in total. The van der Waals surface area contributed by atoms with Gasteiger partial charge >= 0.3 is 0 Å². The Kier molecular flexibility index (Phi) is 3.94. The lowest BCUT2D eigenvalue weighted by Gasteiger charge is -2.07. The average Bonchev–Trinajstić information content (AvgIpc) is 3.12. The first-order chi connectivity index (χ1) is 8.49. The third-order valence-electron chi connectivity index (χ3n) is 2.39. The van der Waals surface area contributed by atoms with Crippen LogP contribution < -0.4 is 4.72 Å². The van der Waals surface area contributed by atoms with E-state index in [1.54, 1.807) is 0 Å². The Bertz CT molecular complexity index is 570. The molecule has 1 heterocycles. The highest BCUT2D eigenvalue weighted by atomic mass is 35.5. The summed E-state index contributed by atoms with van der Waals surface area (Å²) in [6, 6.07) is 3.41. The van der Waals surface area contributed by atoms with E-state index in [1.165, 1.54) is 6.07 Å². The van der Waals surface area contributed by atoms with Gasteiger partial charge in [-0.05, 0) is 31.0 Å². The first kappa shape index (κ1) is 13.4. The Morgan fingerprint density at radius 1 is 1.39 bits per heavy atom. The molecule has 0 amide bonds. The average molecular weight is 292 g/mol. The Balaban J connectivity index is 1.97. The summed E-state index contributed by atoms with van der Waals surface area (Å²) in [5, 5.41) is 7.55.